The third-order valence-electron chi connectivity index (χ3n) is 6.11. The molecule has 0 fully saturated rings. The lowest BCUT2D eigenvalue weighted by Crippen LogP contribution is -2.40. The van der Waals surface area contributed by atoms with E-state index in [-0.39, 0.29) is 11.7 Å². The van der Waals surface area contributed by atoms with Gasteiger partial charge >= 0.3 is 5.97 Å². The molecule has 4 rings (SSSR count). The van der Waals surface area contributed by atoms with Crippen molar-refractivity contribution in [3.63, 3.8) is 0 Å². The van der Waals surface area contributed by atoms with E-state index in [0.29, 0.717) is 55.8 Å². The van der Waals surface area contributed by atoms with Crippen LogP contribution in [-0.2, 0) is 9.53 Å². The second-order valence-corrected chi connectivity index (χ2v) is 10.00. The topological polar surface area (TPSA) is 97.6 Å². The highest BCUT2D eigenvalue weighted by molar-refractivity contribution is 7.07. The molecule has 0 N–H and O–H groups in total. The molecular weight excluding hydrogens is 520 g/mol. The lowest BCUT2D eigenvalue weighted by atomic mass is 9.96. The Balaban J connectivity index is 1.94. The molecule has 1 aliphatic heterocycles. The Bertz CT molecular complexity index is 1580. The molecule has 0 saturated heterocycles. The highest BCUT2D eigenvalue weighted by atomic mass is 32.1. The van der Waals surface area contributed by atoms with Crippen molar-refractivity contribution in [3.05, 3.63) is 78.5 Å². The number of nitrogens with zero attached hydrogens (tertiary/aromatic N) is 2. The van der Waals surface area contributed by atoms with Crippen molar-refractivity contribution in [2.45, 2.75) is 39.8 Å². The fraction of sp³-hybridized carbons (Fsp3) is 0.345. The second kappa shape index (κ2) is 11.8. The number of aromatic nitrogens is 1. The van der Waals surface area contributed by atoms with Crippen LogP contribution in [0.4, 0.5) is 0 Å². The van der Waals surface area contributed by atoms with Gasteiger partial charge in [-0.25, -0.2) is 9.79 Å². The number of benzene rings is 2. The summed E-state index contributed by atoms with van der Waals surface area (Å²) in [6, 6.07) is 10.1. The molecule has 0 radical (unpaired) electrons. The maximum absolute atomic E-state index is 13.9. The first kappa shape index (κ1) is 28.0. The minimum Gasteiger partial charge on any atom is -0.496 e. The van der Waals surface area contributed by atoms with E-state index in [0.717, 1.165) is 5.56 Å². The summed E-state index contributed by atoms with van der Waals surface area (Å²) in [6.45, 7) is 7.76. The van der Waals surface area contributed by atoms with E-state index in [1.807, 2.05) is 31.2 Å². The normalized spacial score (nSPS) is 15.1. The average molecular weight is 553 g/mol. The zero-order valence-corrected chi connectivity index (χ0v) is 23.9. The molecular formula is C29H32N2O7S. The minimum absolute atomic E-state index is 0.295. The fourth-order valence-corrected chi connectivity index (χ4v) is 5.43. The van der Waals surface area contributed by atoms with Gasteiger partial charge in [0.05, 0.1) is 55.9 Å². The van der Waals surface area contributed by atoms with Gasteiger partial charge in [0.15, 0.2) is 16.3 Å². The molecule has 1 aromatic heterocycles. The van der Waals surface area contributed by atoms with Gasteiger partial charge in [0.2, 0.25) is 0 Å². The molecule has 1 aliphatic rings. The predicted octanol–water partition coefficient (Wildman–Crippen LogP) is 3.61. The summed E-state index contributed by atoms with van der Waals surface area (Å²) < 4.78 is 29.5. The molecule has 0 spiro atoms. The smallest absolute Gasteiger partial charge is 0.338 e. The predicted molar refractivity (Wildman–Crippen MR) is 149 cm³/mol. The van der Waals surface area contributed by atoms with Gasteiger partial charge in [0.25, 0.3) is 5.56 Å². The van der Waals surface area contributed by atoms with E-state index in [9.17, 15) is 9.59 Å². The van der Waals surface area contributed by atoms with E-state index in [4.69, 9.17) is 23.7 Å². The molecule has 0 amide bonds. The van der Waals surface area contributed by atoms with E-state index in [1.54, 1.807) is 64.9 Å². The summed E-state index contributed by atoms with van der Waals surface area (Å²) in [7, 11) is 4.63. The van der Waals surface area contributed by atoms with Crippen LogP contribution in [0.25, 0.3) is 6.08 Å². The van der Waals surface area contributed by atoms with Crippen LogP contribution in [0.2, 0.25) is 0 Å². The Hall–Kier alpha value is -4.05. The van der Waals surface area contributed by atoms with Crippen LogP contribution < -0.4 is 33.8 Å². The summed E-state index contributed by atoms with van der Waals surface area (Å²) >= 11 is 1.23. The number of esters is 1. The van der Waals surface area contributed by atoms with Crippen LogP contribution in [0, 0.1) is 0 Å². The Labute approximate surface area is 230 Å². The van der Waals surface area contributed by atoms with Crippen LogP contribution >= 0.6 is 11.3 Å². The van der Waals surface area contributed by atoms with Crippen molar-refractivity contribution in [1.82, 2.24) is 4.57 Å². The number of carbonyl (C=O) groups excluding carboxylic acids is 1. The number of rotatable bonds is 9. The van der Waals surface area contributed by atoms with Crippen LogP contribution in [0.15, 0.2) is 57.5 Å². The molecule has 0 aliphatic carbocycles. The molecule has 2 aromatic carbocycles. The van der Waals surface area contributed by atoms with Crippen molar-refractivity contribution in [2.75, 3.05) is 27.9 Å². The molecule has 3 aromatic rings. The lowest BCUT2D eigenvalue weighted by molar-refractivity contribution is -0.143. The van der Waals surface area contributed by atoms with Gasteiger partial charge in [0, 0.05) is 11.6 Å². The molecule has 206 valence electrons. The van der Waals surface area contributed by atoms with Crippen molar-refractivity contribution in [1.29, 1.82) is 0 Å². The zero-order valence-electron chi connectivity index (χ0n) is 23.1. The molecule has 10 heteroatoms. The summed E-state index contributed by atoms with van der Waals surface area (Å²) in [5.74, 6) is 1.70. The Morgan fingerprint density at radius 1 is 1.05 bits per heavy atom. The largest absolute Gasteiger partial charge is 0.496 e. The first-order valence-electron chi connectivity index (χ1n) is 12.5. The number of carbonyl (C=O) groups is 1. The molecule has 1 atom stereocenters. The van der Waals surface area contributed by atoms with Crippen LogP contribution in [-0.4, -0.2) is 44.6 Å². The third kappa shape index (κ3) is 5.56. The average Bonchev–Trinajstić information content (AvgIpc) is 3.21. The van der Waals surface area contributed by atoms with Gasteiger partial charge in [0.1, 0.15) is 11.5 Å². The van der Waals surface area contributed by atoms with Crippen LogP contribution in [0.5, 0.6) is 23.0 Å². The summed E-state index contributed by atoms with van der Waals surface area (Å²) in [4.78, 5) is 32.3. The van der Waals surface area contributed by atoms with Gasteiger partial charge in [-0.3, -0.25) is 9.36 Å². The fourth-order valence-electron chi connectivity index (χ4n) is 4.40. The van der Waals surface area contributed by atoms with Crippen molar-refractivity contribution < 1.29 is 28.5 Å². The Morgan fingerprint density at radius 3 is 2.28 bits per heavy atom. The lowest BCUT2D eigenvalue weighted by Gasteiger charge is -2.25. The van der Waals surface area contributed by atoms with Crippen molar-refractivity contribution >= 4 is 23.4 Å². The number of methoxy groups -OCH3 is 3. The quantitative estimate of drug-likeness (QED) is 0.374. The van der Waals surface area contributed by atoms with Gasteiger partial charge in [-0.15, -0.1) is 0 Å². The zero-order chi connectivity index (χ0) is 28.3. The Morgan fingerprint density at radius 2 is 1.69 bits per heavy atom. The van der Waals surface area contributed by atoms with Crippen molar-refractivity contribution in [3.8, 4) is 23.0 Å². The van der Waals surface area contributed by atoms with Crippen molar-refractivity contribution in [2.24, 2.45) is 4.99 Å². The SMILES string of the molecule is CCOc1ccc([C@H]2C(C(=O)OC(C)C)=C(C)N=c3s/c(=C/c4cc(OC)c(OC)cc4OC)c(=O)n32)cc1. The van der Waals surface area contributed by atoms with E-state index < -0.39 is 12.0 Å². The molecule has 39 heavy (non-hydrogen) atoms. The van der Waals surface area contributed by atoms with Gasteiger partial charge in [-0.1, -0.05) is 23.5 Å². The number of ether oxygens (including phenoxy) is 5. The number of thiazole rings is 1. The highest BCUT2D eigenvalue weighted by Crippen LogP contribution is 2.35. The van der Waals surface area contributed by atoms with E-state index in [2.05, 4.69) is 4.99 Å². The summed E-state index contributed by atoms with van der Waals surface area (Å²) in [6.07, 6.45) is 1.39. The van der Waals surface area contributed by atoms with Gasteiger partial charge in [-0.2, -0.15) is 0 Å². The number of allylic oxidation sites excluding steroid dienone is 1. The molecule has 0 bridgehead atoms. The highest BCUT2D eigenvalue weighted by Gasteiger charge is 2.34. The van der Waals surface area contributed by atoms with E-state index in [1.165, 1.54) is 11.3 Å². The summed E-state index contributed by atoms with van der Waals surface area (Å²) in [5.41, 5.74) is 1.89. The first-order valence-corrected chi connectivity index (χ1v) is 13.3. The minimum atomic E-state index is -0.724. The third-order valence-corrected chi connectivity index (χ3v) is 7.10. The number of hydrogen-bond donors (Lipinski definition) is 0. The van der Waals surface area contributed by atoms with Crippen LogP contribution in [0.3, 0.4) is 0 Å². The second-order valence-electron chi connectivity index (χ2n) is 8.99. The first-order chi connectivity index (χ1) is 18.7. The van der Waals surface area contributed by atoms with E-state index >= 15 is 0 Å². The maximum Gasteiger partial charge on any atom is 0.338 e. The Kier molecular flexibility index (Phi) is 8.44. The number of hydrogen-bond acceptors (Lipinski definition) is 9. The molecule has 0 unspecified atom stereocenters. The maximum atomic E-state index is 13.9. The van der Waals surface area contributed by atoms with Gasteiger partial charge < -0.3 is 23.7 Å². The van der Waals surface area contributed by atoms with Gasteiger partial charge in [-0.05, 0) is 57.5 Å². The summed E-state index contributed by atoms with van der Waals surface area (Å²) in [5, 5.41) is 0. The molecule has 0 saturated carbocycles. The van der Waals surface area contributed by atoms with Crippen LogP contribution in [0.1, 0.15) is 44.9 Å². The monoisotopic (exact) mass is 552 g/mol. The number of fused-ring (bicyclic) bond motifs is 1. The molecule has 9 nitrogen and oxygen atoms in total. The standard InChI is InChI=1S/C29H32N2O7S/c1-8-37-20-11-9-18(10-12-20)26-25(28(33)38-16(2)3)17(4)30-29-31(26)27(32)24(39-29)14-19-13-22(35-6)23(36-7)15-21(19)34-5/h9-16,26H,8H2,1-7H3/b24-14+/t26-/m0/s1. The molecule has 2 heterocycles.